The van der Waals surface area contributed by atoms with Crippen LogP contribution < -0.4 is 10.9 Å². The molecule has 0 spiro atoms. The number of aromatic nitrogens is 2. The van der Waals surface area contributed by atoms with E-state index >= 15 is 0 Å². The molecule has 5 nitrogen and oxygen atoms in total. The van der Waals surface area contributed by atoms with Crippen molar-refractivity contribution in [3.63, 3.8) is 0 Å². The van der Waals surface area contributed by atoms with Crippen molar-refractivity contribution in [1.82, 2.24) is 14.9 Å². The monoisotopic (exact) mass is 419 g/mol. The molecule has 1 unspecified atom stereocenters. The highest BCUT2D eigenvalue weighted by atomic mass is 32.2. The van der Waals surface area contributed by atoms with Crippen LogP contribution in [0.15, 0.2) is 9.95 Å². The first kappa shape index (κ1) is 20.0. The summed E-state index contributed by atoms with van der Waals surface area (Å²) < 4.78 is 1.62. The number of nitrogens with one attached hydrogen (secondary N) is 1. The van der Waals surface area contributed by atoms with Gasteiger partial charge in [0.15, 0.2) is 5.16 Å². The number of nitrogens with zero attached hydrogens (tertiary/aromatic N) is 2. The highest BCUT2D eigenvalue weighted by Crippen LogP contribution is 2.35. The molecule has 0 aliphatic heterocycles. The second-order valence-electron chi connectivity index (χ2n) is 8.16. The molecule has 2 aliphatic carbocycles. The first-order valence-electron chi connectivity index (χ1n) is 10.5. The van der Waals surface area contributed by atoms with Crippen molar-refractivity contribution in [2.75, 3.05) is 6.54 Å². The lowest BCUT2D eigenvalue weighted by atomic mass is 9.89. The van der Waals surface area contributed by atoms with Gasteiger partial charge in [0.2, 0.25) is 5.91 Å². The first-order chi connectivity index (χ1) is 13.5. The Labute approximate surface area is 174 Å². The molecule has 28 heavy (non-hydrogen) atoms. The van der Waals surface area contributed by atoms with Gasteiger partial charge in [0.1, 0.15) is 4.83 Å². The van der Waals surface area contributed by atoms with Crippen LogP contribution in [0.2, 0.25) is 0 Å². The van der Waals surface area contributed by atoms with Gasteiger partial charge in [-0.3, -0.25) is 14.2 Å². The van der Waals surface area contributed by atoms with Gasteiger partial charge < -0.3 is 5.32 Å². The number of thioether (sulfide) groups is 1. The van der Waals surface area contributed by atoms with E-state index in [-0.39, 0.29) is 16.7 Å². The maximum atomic E-state index is 13.0. The van der Waals surface area contributed by atoms with Crippen LogP contribution in [-0.2, 0) is 24.7 Å². The van der Waals surface area contributed by atoms with Crippen molar-refractivity contribution >= 4 is 39.2 Å². The minimum absolute atomic E-state index is 0.0294. The summed E-state index contributed by atoms with van der Waals surface area (Å²) in [6, 6.07) is 0. The second-order valence-corrected chi connectivity index (χ2v) is 10.6. The molecule has 0 radical (unpaired) electrons. The third-order valence-corrected chi connectivity index (χ3v) is 8.43. The van der Waals surface area contributed by atoms with Crippen molar-refractivity contribution < 1.29 is 4.79 Å². The van der Waals surface area contributed by atoms with Gasteiger partial charge in [-0.15, -0.1) is 11.3 Å². The molecule has 2 heterocycles. The van der Waals surface area contributed by atoms with Crippen molar-refractivity contribution in [3.8, 4) is 0 Å². The van der Waals surface area contributed by atoms with Crippen molar-refractivity contribution in [1.29, 1.82) is 0 Å². The molecule has 1 saturated carbocycles. The average Bonchev–Trinajstić information content (AvgIpc) is 3.09. The van der Waals surface area contributed by atoms with Gasteiger partial charge in [0.05, 0.1) is 10.6 Å². The molecular formula is C21H29N3O2S2. The number of carbonyl (C=O) groups is 1. The fourth-order valence-corrected chi connectivity index (χ4v) is 6.57. The van der Waals surface area contributed by atoms with Crippen LogP contribution in [0, 0.1) is 5.92 Å². The van der Waals surface area contributed by atoms with Gasteiger partial charge in [-0.25, -0.2) is 4.98 Å². The summed E-state index contributed by atoms with van der Waals surface area (Å²) in [6.07, 6.45) is 10.7. The number of aryl methyl sites for hydroxylation is 2. The maximum Gasteiger partial charge on any atom is 0.262 e. The molecule has 1 fully saturated rings. The number of hydrogen-bond acceptors (Lipinski definition) is 5. The number of rotatable bonds is 5. The van der Waals surface area contributed by atoms with Gasteiger partial charge in [0.25, 0.3) is 5.56 Å². The summed E-state index contributed by atoms with van der Waals surface area (Å²) in [6.45, 7) is 2.67. The highest BCUT2D eigenvalue weighted by Gasteiger charge is 2.24. The number of thiophene rings is 1. The van der Waals surface area contributed by atoms with Crippen LogP contribution in [0.3, 0.4) is 0 Å². The fraction of sp³-hybridized carbons (Fsp3) is 0.667. The third-order valence-electron chi connectivity index (χ3n) is 6.10. The van der Waals surface area contributed by atoms with E-state index in [1.807, 2.05) is 6.92 Å². The first-order valence-corrected chi connectivity index (χ1v) is 12.2. The summed E-state index contributed by atoms with van der Waals surface area (Å²) in [4.78, 5) is 32.5. The summed E-state index contributed by atoms with van der Waals surface area (Å²) >= 11 is 3.05. The maximum absolute atomic E-state index is 13.0. The van der Waals surface area contributed by atoms with Crippen LogP contribution in [0.25, 0.3) is 10.2 Å². The van der Waals surface area contributed by atoms with Crippen molar-refractivity contribution in [3.05, 3.63) is 20.8 Å². The van der Waals surface area contributed by atoms with E-state index in [1.165, 1.54) is 60.7 Å². The SMILES string of the molecule is CC(Sc1nc2sc3c(c2c(=O)n1C)CCCC3)C(=O)NCC1CCCCC1. The van der Waals surface area contributed by atoms with E-state index < -0.39 is 0 Å². The molecule has 2 aliphatic rings. The lowest BCUT2D eigenvalue weighted by Crippen LogP contribution is -2.35. The molecule has 1 amide bonds. The zero-order valence-corrected chi connectivity index (χ0v) is 18.4. The molecule has 1 atom stereocenters. The fourth-order valence-electron chi connectivity index (χ4n) is 4.36. The Morgan fingerprint density at radius 2 is 2.00 bits per heavy atom. The molecule has 4 rings (SSSR count). The molecule has 1 N–H and O–H groups in total. The lowest BCUT2D eigenvalue weighted by molar-refractivity contribution is -0.120. The van der Waals surface area contributed by atoms with Gasteiger partial charge >= 0.3 is 0 Å². The van der Waals surface area contributed by atoms with Crippen molar-refractivity contribution in [2.24, 2.45) is 13.0 Å². The average molecular weight is 420 g/mol. The highest BCUT2D eigenvalue weighted by molar-refractivity contribution is 8.00. The predicted octanol–water partition coefficient (Wildman–Crippen LogP) is 4.05. The standard InChI is InChI=1S/C21H29N3O2S2/c1-13(18(25)22-12-14-8-4-3-5-9-14)27-21-23-19-17(20(26)24(21)2)15-10-6-7-11-16(15)28-19/h13-14H,3-12H2,1-2H3,(H,22,25). The van der Waals surface area contributed by atoms with Gasteiger partial charge in [0, 0.05) is 18.5 Å². The van der Waals surface area contributed by atoms with E-state index in [9.17, 15) is 9.59 Å². The molecule has 0 aromatic carbocycles. The van der Waals surface area contributed by atoms with Gasteiger partial charge in [-0.2, -0.15) is 0 Å². The van der Waals surface area contributed by atoms with Crippen LogP contribution in [0.5, 0.6) is 0 Å². The van der Waals surface area contributed by atoms with Gasteiger partial charge in [-0.05, 0) is 56.9 Å². The number of fused-ring (bicyclic) bond motifs is 3. The lowest BCUT2D eigenvalue weighted by Gasteiger charge is -2.22. The minimum Gasteiger partial charge on any atom is -0.355 e. The summed E-state index contributed by atoms with van der Waals surface area (Å²) in [5, 5.41) is 4.28. The smallest absolute Gasteiger partial charge is 0.262 e. The van der Waals surface area contributed by atoms with Crippen LogP contribution in [0.4, 0.5) is 0 Å². The molecule has 2 aromatic rings. The molecule has 0 saturated heterocycles. The van der Waals surface area contributed by atoms with Crippen LogP contribution in [0.1, 0.15) is 62.3 Å². The Kier molecular flexibility index (Phi) is 6.11. The number of amides is 1. The second kappa shape index (κ2) is 8.57. The molecule has 7 heteroatoms. The summed E-state index contributed by atoms with van der Waals surface area (Å²) in [5.41, 5.74) is 1.25. The zero-order chi connectivity index (χ0) is 19.7. The Balaban J connectivity index is 1.48. The van der Waals surface area contributed by atoms with Crippen molar-refractivity contribution in [2.45, 2.75) is 75.1 Å². The normalized spacial score (nSPS) is 18.8. The Hall–Kier alpha value is -1.34. The quantitative estimate of drug-likeness (QED) is 0.587. The van der Waals surface area contributed by atoms with E-state index in [2.05, 4.69) is 5.32 Å². The zero-order valence-electron chi connectivity index (χ0n) is 16.8. The van der Waals surface area contributed by atoms with E-state index in [4.69, 9.17) is 4.98 Å². The Morgan fingerprint density at radius 3 is 2.79 bits per heavy atom. The Bertz CT molecular complexity index is 928. The van der Waals surface area contributed by atoms with Gasteiger partial charge in [-0.1, -0.05) is 31.0 Å². The topological polar surface area (TPSA) is 64.0 Å². The van der Waals surface area contributed by atoms with E-state index in [0.29, 0.717) is 11.1 Å². The van der Waals surface area contributed by atoms with Crippen LogP contribution in [-0.4, -0.2) is 27.3 Å². The predicted molar refractivity (Wildman–Crippen MR) is 116 cm³/mol. The molecular weight excluding hydrogens is 390 g/mol. The number of carbonyl (C=O) groups excluding carboxylic acids is 1. The van der Waals surface area contributed by atoms with Crippen LogP contribution >= 0.6 is 23.1 Å². The van der Waals surface area contributed by atoms with E-state index in [1.54, 1.807) is 23.0 Å². The molecule has 2 aromatic heterocycles. The van der Waals surface area contributed by atoms with E-state index in [0.717, 1.165) is 36.0 Å². The minimum atomic E-state index is -0.270. The number of hydrogen-bond donors (Lipinski definition) is 1. The molecule has 152 valence electrons. The summed E-state index contributed by atoms with van der Waals surface area (Å²) in [5.74, 6) is 0.654. The third kappa shape index (κ3) is 4.01. The largest absolute Gasteiger partial charge is 0.355 e. The Morgan fingerprint density at radius 1 is 1.25 bits per heavy atom. The summed E-state index contributed by atoms with van der Waals surface area (Å²) in [7, 11) is 1.77. The molecule has 0 bridgehead atoms.